The Bertz CT molecular complexity index is 2230. The molecule has 0 atom stereocenters. The fourth-order valence-corrected chi connectivity index (χ4v) is 6.42. The molecule has 0 saturated carbocycles. The first-order valence-electron chi connectivity index (χ1n) is 14.6. The van der Waals surface area contributed by atoms with Crippen molar-refractivity contribution in [3.05, 3.63) is 172 Å². The molecule has 0 amide bonds. The van der Waals surface area contributed by atoms with Crippen molar-refractivity contribution in [1.29, 1.82) is 0 Å². The first-order valence-corrected chi connectivity index (χ1v) is 14.6. The molecule has 2 aliphatic carbocycles. The zero-order valence-corrected chi connectivity index (χ0v) is 23.3. The summed E-state index contributed by atoms with van der Waals surface area (Å²) in [6, 6.07) is 48.1. The van der Waals surface area contributed by atoms with E-state index in [1.165, 1.54) is 66.1 Å². The molecule has 0 spiro atoms. The molecule has 0 nitrogen and oxygen atoms in total. The van der Waals surface area contributed by atoms with Crippen molar-refractivity contribution in [1.82, 2.24) is 0 Å². The number of hydrogen-bond acceptors (Lipinski definition) is 0. The Morgan fingerprint density at radius 2 is 1.17 bits per heavy atom. The van der Waals surface area contributed by atoms with E-state index in [0.29, 0.717) is 0 Å². The fraction of sp³-hybridized carbons (Fsp3) is 0.0476. The Morgan fingerprint density at radius 3 is 1.93 bits per heavy atom. The Morgan fingerprint density at radius 1 is 0.476 bits per heavy atom. The minimum Gasteiger partial charge on any atom is -0.0622 e. The molecule has 0 aliphatic heterocycles. The summed E-state index contributed by atoms with van der Waals surface area (Å²) in [5.74, 6) is 0. The highest BCUT2D eigenvalue weighted by molar-refractivity contribution is 6.08. The van der Waals surface area contributed by atoms with Gasteiger partial charge in [-0.25, -0.2) is 0 Å². The number of hydrogen-bond donors (Lipinski definition) is 0. The van der Waals surface area contributed by atoms with Crippen molar-refractivity contribution < 1.29 is 0 Å². The Kier molecular flexibility index (Phi) is 5.94. The van der Waals surface area contributed by atoms with Crippen LogP contribution in [0.1, 0.15) is 28.7 Å². The average Bonchev–Trinajstić information content (AvgIpc) is 3.07. The number of allylic oxidation sites excluding steroid dienone is 2. The highest BCUT2D eigenvalue weighted by Crippen LogP contribution is 2.38. The number of rotatable bonds is 4. The van der Waals surface area contributed by atoms with Crippen molar-refractivity contribution in [2.75, 3.05) is 0 Å². The molecule has 0 N–H and O–H groups in total. The zero-order valence-electron chi connectivity index (χ0n) is 23.3. The summed E-state index contributed by atoms with van der Waals surface area (Å²) < 4.78 is 0. The lowest BCUT2D eigenvalue weighted by Crippen LogP contribution is -2.24. The van der Waals surface area contributed by atoms with E-state index in [4.69, 9.17) is 0 Å². The largest absolute Gasteiger partial charge is 0.0622 e. The molecular formula is C42H28. The van der Waals surface area contributed by atoms with Crippen LogP contribution in [0.5, 0.6) is 0 Å². The molecule has 0 heterocycles. The van der Waals surface area contributed by atoms with Crippen LogP contribution in [0, 0.1) is 0 Å². The normalized spacial score (nSPS) is 13.3. The maximum absolute atomic E-state index is 3.52. The monoisotopic (exact) mass is 532 g/mol. The summed E-state index contributed by atoms with van der Waals surface area (Å²) >= 11 is 0. The molecular weight excluding hydrogens is 504 g/mol. The van der Waals surface area contributed by atoms with E-state index in [9.17, 15) is 0 Å². The summed E-state index contributed by atoms with van der Waals surface area (Å²) in [4.78, 5) is 0. The van der Waals surface area contributed by atoms with Crippen LogP contribution >= 0.6 is 0 Å². The van der Waals surface area contributed by atoms with Crippen LogP contribution in [0.4, 0.5) is 0 Å². The van der Waals surface area contributed by atoms with Gasteiger partial charge in [0.1, 0.15) is 0 Å². The molecule has 0 bridgehead atoms. The van der Waals surface area contributed by atoms with Gasteiger partial charge in [-0.1, -0.05) is 145 Å². The van der Waals surface area contributed by atoms with Crippen molar-refractivity contribution >= 4 is 39.8 Å². The number of aryl methyl sites for hydroxylation is 1. The molecule has 2 aliphatic rings. The van der Waals surface area contributed by atoms with Gasteiger partial charge >= 0.3 is 0 Å². The third-order valence-corrected chi connectivity index (χ3v) is 8.58. The van der Waals surface area contributed by atoms with E-state index in [2.05, 4.69) is 157 Å². The number of benzene rings is 6. The highest BCUT2D eigenvalue weighted by Gasteiger charge is 2.17. The van der Waals surface area contributed by atoms with Crippen LogP contribution in [0.2, 0.25) is 0 Å². The topological polar surface area (TPSA) is 0 Å². The minimum atomic E-state index is 1.02. The molecule has 42 heavy (non-hydrogen) atoms. The van der Waals surface area contributed by atoms with Gasteiger partial charge in [0.2, 0.25) is 0 Å². The fourth-order valence-electron chi connectivity index (χ4n) is 6.42. The van der Waals surface area contributed by atoms with Gasteiger partial charge in [0, 0.05) is 10.8 Å². The van der Waals surface area contributed by atoms with E-state index in [1.54, 1.807) is 0 Å². The van der Waals surface area contributed by atoms with E-state index in [0.717, 1.165) is 23.6 Å². The average molecular weight is 533 g/mol. The van der Waals surface area contributed by atoms with Crippen molar-refractivity contribution in [2.24, 2.45) is 0 Å². The third kappa shape index (κ3) is 4.37. The number of fused-ring (bicyclic) bond motifs is 3. The predicted octanol–water partition coefficient (Wildman–Crippen LogP) is 9.07. The standard InChI is InChI=1S/C42H28/c1-3-9-29(10-4-1)32-17-19-36-27-38(23-21-34(36)25-32)40-15-7-13-31-14-8-16-41(42(31)40)39-24-22-35-26-33(18-20-37(35)28-39)30-11-5-2-6-12-30/h1-20,25-28H,21,23H2. The lowest BCUT2D eigenvalue weighted by atomic mass is 9.84. The molecule has 6 aromatic rings. The van der Waals surface area contributed by atoms with Crippen molar-refractivity contribution in [2.45, 2.75) is 12.8 Å². The van der Waals surface area contributed by atoms with E-state index < -0.39 is 0 Å². The molecule has 6 aromatic carbocycles. The predicted molar refractivity (Wildman–Crippen MR) is 178 cm³/mol. The second-order valence-electron chi connectivity index (χ2n) is 11.1. The smallest absolute Gasteiger partial charge is 0.0334 e. The summed E-state index contributed by atoms with van der Waals surface area (Å²) in [6.45, 7) is 0. The first-order chi connectivity index (χ1) is 20.8. The Hall–Kier alpha value is -5.38. The summed E-state index contributed by atoms with van der Waals surface area (Å²) in [5, 5.41) is 4.81. The van der Waals surface area contributed by atoms with E-state index in [-0.39, 0.29) is 0 Å². The van der Waals surface area contributed by atoms with Crippen LogP contribution in [-0.2, 0) is 6.42 Å². The van der Waals surface area contributed by atoms with Crippen LogP contribution < -0.4 is 10.4 Å². The Balaban J connectivity index is 1.24. The molecule has 0 heteroatoms. The minimum absolute atomic E-state index is 1.02. The first kappa shape index (κ1) is 24.4. The van der Waals surface area contributed by atoms with Crippen LogP contribution in [0.15, 0.2) is 139 Å². The van der Waals surface area contributed by atoms with Crippen LogP contribution in [-0.4, -0.2) is 0 Å². The van der Waals surface area contributed by atoms with E-state index in [1.807, 2.05) is 0 Å². The molecule has 196 valence electrons. The van der Waals surface area contributed by atoms with Crippen LogP contribution in [0.25, 0.3) is 62.1 Å². The van der Waals surface area contributed by atoms with Gasteiger partial charge in [-0.2, -0.15) is 0 Å². The third-order valence-electron chi connectivity index (χ3n) is 8.58. The zero-order chi connectivity index (χ0) is 27.9. The molecule has 0 unspecified atom stereocenters. The quantitative estimate of drug-likeness (QED) is 0.199. The van der Waals surface area contributed by atoms with Crippen LogP contribution in [0.3, 0.4) is 0 Å². The highest BCUT2D eigenvalue weighted by atomic mass is 14.2. The van der Waals surface area contributed by atoms with Gasteiger partial charge < -0.3 is 0 Å². The summed E-state index contributed by atoms with van der Waals surface area (Å²) in [6.07, 6.45) is 6.73. The lowest BCUT2D eigenvalue weighted by molar-refractivity contribution is 1.00. The van der Waals surface area contributed by atoms with Gasteiger partial charge in [0.05, 0.1) is 0 Å². The van der Waals surface area contributed by atoms with Crippen molar-refractivity contribution in [3.63, 3.8) is 0 Å². The van der Waals surface area contributed by atoms with Crippen molar-refractivity contribution in [3.8, 4) is 22.3 Å². The molecule has 0 saturated heterocycles. The van der Waals surface area contributed by atoms with Gasteiger partial charge in [-0.15, -0.1) is 0 Å². The second kappa shape index (κ2) is 10.2. The molecule has 0 fully saturated rings. The maximum Gasteiger partial charge on any atom is 0.0334 e. The molecule has 0 radical (unpaired) electrons. The van der Waals surface area contributed by atoms with E-state index >= 15 is 0 Å². The molecule has 0 aromatic heterocycles. The summed E-state index contributed by atoms with van der Waals surface area (Å²) in [5.41, 5.74) is 19.7. The Labute approximate surface area is 246 Å². The van der Waals surface area contributed by atoms with Gasteiger partial charge in [0.15, 0.2) is 0 Å². The second-order valence-corrected chi connectivity index (χ2v) is 11.1. The van der Waals surface area contributed by atoms with Gasteiger partial charge in [-0.3, -0.25) is 0 Å². The van der Waals surface area contributed by atoms with Gasteiger partial charge in [-0.05, 0) is 91.1 Å². The maximum atomic E-state index is 3.52. The lowest BCUT2D eigenvalue weighted by Gasteiger charge is -2.20. The molecule has 8 rings (SSSR count). The SMILES string of the molecule is C1=C=c2cc(-c3ccccc3)ccc2=CC=1c1cccc2cccc(C3=Cc4ccc(-c5ccccc5)cc4CC3)c12. The summed E-state index contributed by atoms with van der Waals surface area (Å²) in [7, 11) is 0. The van der Waals surface area contributed by atoms with Gasteiger partial charge in [0.25, 0.3) is 0 Å².